The highest BCUT2D eigenvalue weighted by atomic mass is 16.5. The number of aromatic amines is 1. The molecular weight excluding hydrogens is 344 g/mol. The Morgan fingerprint density at radius 1 is 1.11 bits per heavy atom. The highest BCUT2D eigenvalue weighted by molar-refractivity contribution is 6.00. The van der Waals surface area contributed by atoms with Crippen LogP contribution >= 0.6 is 0 Å². The van der Waals surface area contributed by atoms with E-state index in [0.717, 1.165) is 11.1 Å². The monoisotopic (exact) mass is 372 g/mol. The van der Waals surface area contributed by atoms with Gasteiger partial charge in [-0.05, 0) is 53.2 Å². The number of carbonyl (C=O) groups is 2. The second-order valence-corrected chi connectivity index (χ2v) is 7.02. The third-order valence-corrected chi connectivity index (χ3v) is 4.41. The van der Waals surface area contributed by atoms with E-state index in [0.29, 0.717) is 28.3 Å². The minimum atomic E-state index is -0.427. The average Bonchev–Trinajstić information content (AvgIpc) is 2.88. The molecule has 1 unspecified atom stereocenters. The van der Waals surface area contributed by atoms with Crippen LogP contribution in [0.3, 0.4) is 0 Å². The molecule has 0 bridgehead atoms. The van der Waals surface area contributed by atoms with Crippen LogP contribution < -0.4 is 10.1 Å². The molecule has 146 valence electrons. The van der Waals surface area contributed by atoms with Crippen molar-refractivity contribution in [1.29, 1.82) is 0 Å². The van der Waals surface area contributed by atoms with Gasteiger partial charge in [-0.2, -0.15) is 0 Å². The third-order valence-electron chi connectivity index (χ3n) is 4.41. The number of nitrogens with one attached hydrogen (secondary N) is 2. The van der Waals surface area contributed by atoms with Gasteiger partial charge in [0.1, 0.15) is 11.4 Å². The van der Waals surface area contributed by atoms with Gasteiger partial charge in [-0.15, -0.1) is 0 Å². The minimum absolute atomic E-state index is 0.225. The lowest BCUT2D eigenvalue weighted by Crippen LogP contribution is -2.28. The third kappa shape index (κ3) is 4.51. The summed E-state index contributed by atoms with van der Waals surface area (Å²) < 4.78 is 10.7. The van der Waals surface area contributed by atoms with E-state index in [1.807, 2.05) is 32.0 Å². The summed E-state index contributed by atoms with van der Waals surface area (Å²) >= 11 is 0. The predicted molar refractivity (Wildman–Crippen MR) is 104 cm³/mol. The first kappa shape index (κ1) is 20.6. The van der Waals surface area contributed by atoms with E-state index >= 15 is 0 Å². The molecule has 1 aromatic heterocycles. The maximum atomic E-state index is 12.8. The summed E-state index contributed by atoms with van der Waals surface area (Å²) in [5, 5.41) is 2.97. The highest BCUT2D eigenvalue weighted by Gasteiger charge is 2.25. The van der Waals surface area contributed by atoms with Crippen LogP contribution in [0.5, 0.6) is 5.75 Å². The van der Waals surface area contributed by atoms with E-state index in [4.69, 9.17) is 9.47 Å². The number of methoxy groups -OCH3 is 1. The summed E-state index contributed by atoms with van der Waals surface area (Å²) in [7, 11) is 1.60. The molecule has 1 amide bonds. The zero-order chi connectivity index (χ0) is 20.3. The second kappa shape index (κ2) is 8.29. The Bertz CT molecular complexity index is 852. The van der Waals surface area contributed by atoms with Crippen molar-refractivity contribution in [2.75, 3.05) is 7.11 Å². The van der Waals surface area contributed by atoms with Crippen LogP contribution in [0.1, 0.15) is 70.0 Å². The summed E-state index contributed by atoms with van der Waals surface area (Å²) in [4.78, 5) is 28.1. The summed E-state index contributed by atoms with van der Waals surface area (Å²) in [5.74, 6) is 0.00736. The Morgan fingerprint density at radius 3 is 2.37 bits per heavy atom. The van der Waals surface area contributed by atoms with Crippen molar-refractivity contribution in [3.8, 4) is 5.75 Å². The molecule has 0 saturated carbocycles. The lowest BCUT2D eigenvalue weighted by atomic mass is 10.0. The lowest BCUT2D eigenvalue weighted by molar-refractivity contribution is 0.0376. The number of rotatable bonds is 6. The number of ether oxygens (including phenoxy) is 2. The lowest BCUT2D eigenvalue weighted by Gasteiger charge is -2.18. The predicted octanol–water partition coefficient (Wildman–Crippen LogP) is 4.00. The van der Waals surface area contributed by atoms with E-state index in [9.17, 15) is 9.59 Å². The van der Waals surface area contributed by atoms with Crippen LogP contribution in [0, 0.1) is 20.8 Å². The number of amides is 1. The smallest absolute Gasteiger partial charge is 0.340 e. The Morgan fingerprint density at radius 2 is 1.78 bits per heavy atom. The van der Waals surface area contributed by atoms with Crippen molar-refractivity contribution in [3.05, 3.63) is 51.8 Å². The largest absolute Gasteiger partial charge is 0.496 e. The van der Waals surface area contributed by atoms with E-state index in [1.165, 1.54) is 0 Å². The molecule has 6 nitrogen and oxygen atoms in total. The van der Waals surface area contributed by atoms with Gasteiger partial charge < -0.3 is 19.8 Å². The summed E-state index contributed by atoms with van der Waals surface area (Å²) in [6, 6.07) is 5.57. The quantitative estimate of drug-likeness (QED) is 0.751. The summed E-state index contributed by atoms with van der Waals surface area (Å²) in [6.07, 6.45) is -0.225. The molecule has 1 atom stereocenters. The molecule has 0 fully saturated rings. The van der Waals surface area contributed by atoms with Crippen molar-refractivity contribution in [2.45, 2.75) is 53.7 Å². The van der Waals surface area contributed by atoms with Gasteiger partial charge in [0.05, 0.1) is 24.8 Å². The number of aryl methyl sites for hydroxylation is 2. The van der Waals surface area contributed by atoms with E-state index in [2.05, 4.69) is 10.3 Å². The van der Waals surface area contributed by atoms with Crippen molar-refractivity contribution in [2.24, 2.45) is 0 Å². The molecule has 2 aromatic rings. The van der Waals surface area contributed by atoms with Gasteiger partial charge in [0.15, 0.2) is 0 Å². The first-order chi connectivity index (χ1) is 12.6. The fraction of sp³-hybridized carbons (Fsp3) is 0.429. The van der Waals surface area contributed by atoms with Crippen molar-refractivity contribution in [3.63, 3.8) is 0 Å². The molecule has 6 heteroatoms. The molecule has 27 heavy (non-hydrogen) atoms. The number of hydrogen-bond acceptors (Lipinski definition) is 4. The second-order valence-electron chi connectivity index (χ2n) is 7.02. The van der Waals surface area contributed by atoms with Crippen LogP contribution in [0.15, 0.2) is 18.2 Å². The Kier molecular flexibility index (Phi) is 6.31. The molecule has 0 radical (unpaired) electrons. The van der Waals surface area contributed by atoms with Gasteiger partial charge >= 0.3 is 5.97 Å². The maximum Gasteiger partial charge on any atom is 0.340 e. The average molecular weight is 372 g/mol. The fourth-order valence-electron chi connectivity index (χ4n) is 3.09. The molecular formula is C21H28N2O4. The van der Waals surface area contributed by atoms with Crippen molar-refractivity contribution >= 4 is 11.9 Å². The molecule has 1 aromatic carbocycles. The topological polar surface area (TPSA) is 80.4 Å². The normalized spacial score (nSPS) is 12.0. The standard InChI is InChI=1S/C21H28N2O4/c1-11(2)27-21(25)18-13(4)19(22-15(18)6)20(24)23-14(5)16-10-12(3)8-9-17(16)26-7/h8-11,14,22H,1-7H3,(H,23,24). The molecule has 0 spiro atoms. The first-order valence-corrected chi connectivity index (χ1v) is 9.01. The number of H-pyrrole nitrogens is 1. The maximum absolute atomic E-state index is 12.8. The van der Waals surface area contributed by atoms with Gasteiger partial charge in [-0.25, -0.2) is 4.79 Å². The van der Waals surface area contributed by atoms with Crippen LogP contribution in [-0.4, -0.2) is 30.1 Å². The van der Waals surface area contributed by atoms with E-state index in [1.54, 1.807) is 34.8 Å². The van der Waals surface area contributed by atoms with Gasteiger partial charge in [0.25, 0.3) is 5.91 Å². The molecule has 0 aliphatic heterocycles. The van der Waals surface area contributed by atoms with Gasteiger partial charge in [0.2, 0.25) is 0 Å². The molecule has 0 saturated heterocycles. The molecule has 2 rings (SSSR count). The SMILES string of the molecule is COc1ccc(C)cc1C(C)NC(=O)c1[nH]c(C)c(C(=O)OC(C)C)c1C. The van der Waals surface area contributed by atoms with Crippen molar-refractivity contribution < 1.29 is 19.1 Å². The number of carbonyl (C=O) groups excluding carboxylic acids is 2. The summed E-state index contributed by atoms with van der Waals surface area (Å²) in [5.41, 5.74) is 3.95. The summed E-state index contributed by atoms with van der Waals surface area (Å²) in [6.45, 7) is 11.0. The molecule has 0 aliphatic carbocycles. The van der Waals surface area contributed by atoms with E-state index in [-0.39, 0.29) is 18.1 Å². The number of aromatic nitrogens is 1. The zero-order valence-electron chi connectivity index (χ0n) is 17.0. The number of esters is 1. The molecule has 0 aliphatic rings. The molecule has 2 N–H and O–H groups in total. The zero-order valence-corrected chi connectivity index (χ0v) is 17.0. The first-order valence-electron chi connectivity index (χ1n) is 9.01. The van der Waals surface area contributed by atoms with Crippen LogP contribution in [0.4, 0.5) is 0 Å². The number of hydrogen-bond donors (Lipinski definition) is 2. The van der Waals surface area contributed by atoms with Gasteiger partial charge in [0, 0.05) is 11.3 Å². The number of benzene rings is 1. The Hall–Kier alpha value is -2.76. The molecule has 1 heterocycles. The van der Waals surface area contributed by atoms with Crippen LogP contribution in [-0.2, 0) is 4.74 Å². The van der Waals surface area contributed by atoms with Gasteiger partial charge in [-0.1, -0.05) is 17.7 Å². The highest BCUT2D eigenvalue weighted by Crippen LogP contribution is 2.27. The van der Waals surface area contributed by atoms with Gasteiger partial charge in [-0.3, -0.25) is 4.79 Å². The Balaban J connectivity index is 2.26. The minimum Gasteiger partial charge on any atom is -0.496 e. The fourth-order valence-corrected chi connectivity index (χ4v) is 3.09. The Labute approximate surface area is 160 Å². The van der Waals surface area contributed by atoms with Crippen LogP contribution in [0.25, 0.3) is 0 Å². The van der Waals surface area contributed by atoms with Crippen molar-refractivity contribution in [1.82, 2.24) is 10.3 Å². The van der Waals surface area contributed by atoms with E-state index < -0.39 is 5.97 Å². The van der Waals surface area contributed by atoms with Crippen LogP contribution in [0.2, 0.25) is 0 Å².